The molecule has 0 unspecified atom stereocenters. The van der Waals surface area contributed by atoms with Crippen molar-refractivity contribution in [1.82, 2.24) is 10.3 Å². The van der Waals surface area contributed by atoms with Crippen LogP contribution in [0, 0.1) is 5.82 Å². The molecule has 0 atom stereocenters. The topological polar surface area (TPSA) is 59.1 Å². The summed E-state index contributed by atoms with van der Waals surface area (Å²) in [6, 6.07) is 16.9. The number of amides is 1. The number of Topliss-reactive ketones (excluding diaryl/α,β-unsaturated/α-hetero) is 1. The summed E-state index contributed by atoms with van der Waals surface area (Å²) in [5.41, 5.74) is 2.04. The van der Waals surface area contributed by atoms with Gasteiger partial charge in [-0.05, 0) is 36.4 Å². The molecule has 1 heterocycles. The largest absolute Gasteiger partial charge is 0.350 e. The van der Waals surface area contributed by atoms with Gasteiger partial charge in [0.2, 0.25) is 5.91 Å². The average Bonchev–Trinajstić information content (AvgIpc) is 2.65. The minimum absolute atomic E-state index is 0.0859. The van der Waals surface area contributed by atoms with Crippen LogP contribution in [0.3, 0.4) is 0 Å². The highest BCUT2D eigenvalue weighted by Gasteiger charge is 2.09. The first-order valence-electron chi connectivity index (χ1n) is 8.02. The molecule has 4 nitrogen and oxygen atoms in total. The molecule has 3 aromatic rings. The Balaban J connectivity index is 1.50. The van der Waals surface area contributed by atoms with Crippen LogP contribution in [-0.2, 0) is 11.3 Å². The number of halogens is 1. The third-order valence-corrected chi connectivity index (χ3v) is 3.87. The van der Waals surface area contributed by atoms with Gasteiger partial charge in [0.1, 0.15) is 5.82 Å². The van der Waals surface area contributed by atoms with Crippen molar-refractivity contribution in [2.24, 2.45) is 0 Å². The van der Waals surface area contributed by atoms with Crippen molar-refractivity contribution in [3.8, 4) is 0 Å². The molecule has 3 rings (SSSR count). The first-order chi connectivity index (χ1) is 12.1. The van der Waals surface area contributed by atoms with E-state index >= 15 is 0 Å². The number of para-hydroxylation sites is 1. The van der Waals surface area contributed by atoms with Crippen LogP contribution >= 0.6 is 0 Å². The zero-order valence-corrected chi connectivity index (χ0v) is 13.5. The molecule has 1 aromatic heterocycles. The first kappa shape index (κ1) is 16.8. The van der Waals surface area contributed by atoms with Gasteiger partial charge in [-0.3, -0.25) is 14.6 Å². The van der Waals surface area contributed by atoms with Crippen molar-refractivity contribution in [3.63, 3.8) is 0 Å². The zero-order chi connectivity index (χ0) is 17.6. The Morgan fingerprint density at radius 2 is 1.68 bits per heavy atom. The van der Waals surface area contributed by atoms with Crippen LogP contribution in [-0.4, -0.2) is 16.7 Å². The van der Waals surface area contributed by atoms with Crippen molar-refractivity contribution >= 4 is 22.6 Å². The van der Waals surface area contributed by atoms with Gasteiger partial charge in [-0.15, -0.1) is 0 Å². The lowest BCUT2D eigenvalue weighted by Gasteiger charge is -2.06. The van der Waals surface area contributed by atoms with Crippen LogP contribution in [0.4, 0.5) is 4.39 Å². The first-order valence-corrected chi connectivity index (χ1v) is 8.02. The lowest BCUT2D eigenvalue weighted by atomic mass is 10.1. The maximum Gasteiger partial charge on any atom is 0.220 e. The van der Waals surface area contributed by atoms with E-state index in [1.165, 1.54) is 24.3 Å². The van der Waals surface area contributed by atoms with Crippen LogP contribution in [0.5, 0.6) is 0 Å². The molecular formula is C20H17FN2O2. The predicted molar refractivity (Wildman–Crippen MR) is 93.6 cm³/mol. The number of ketones is 1. The van der Waals surface area contributed by atoms with E-state index in [0.29, 0.717) is 12.1 Å². The minimum atomic E-state index is -0.392. The zero-order valence-electron chi connectivity index (χ0n) is 13.5. The summed E-state index contributed by atoms with van der Waals surface area (Å²) in [4.78, 5) is 28.4. The molecule has 126 valence electrons. The number of aromatic nitrogens is 1. The number of hydrogen-bond donors (Lipinski definition) is 1. The molecule has 1 N–H and O–H groups in total. The van der Waals surface area contributed by atoms with Crippen molar-refractivity contribution in [2.75, 3.05) is 0 Å². The van der Waals surface area contributed by atoms with Gasteiger partial charge in [0.05, 0.1) is 17.8 Å². The average molecular weight is 336 g/mol. The van der Waals surface area contributed by atoms with E-state index < -0.39 is 5.82 Å². The van der Waals surface area contributed by atoms with Crippen LogP contribution in [0.15, 0.2) is 60.7 Å². The Labute approximate surface area is 144 Å². The highest BCUT2D eigenvalue weighted by atomic mass is 19.1. The molecule has 0 spiro atoms. The van der Waals surface area contributed by atoms with Gasteiger partial charge in [0.15, 0.2) is 5.78 Å². The van der Waals surface area contributed by atoms with Crippen LogP contribution in [0.25, 0.3) is 10.9 Å². The van der Waals surface area contributed by atoms with E-state index in [2.05, 4.69) is 10.3 Å². The number of hydrogen-bond acceptors (Lipinski definition) is 3. The normalized spacial score (nSPS) is 10.6. The van der Waals surface area contributed by atoms with Crippen molar-refractivity contribution in [3.05, 3.63) is 77.7 Å². The van der Waals surface area contributed by atoms with Crippen LogP contribution in [0.2, 0.25) is 0 Å². The highest BCUT2D eigenvalue weighted by molar-refractivity contribution is 5.97. The standard InChI is InChI=1S/C20H17FN2O2/c21-16-8-5-15(6-9-16)19(24)11-12-20(25)22-13-17-10-7-14-3-1-2-4-18(14)23-17/h1-10H,11-13H2,(H,22,25). The fourth-order valence-electron chi connectivity index (χ4n) is 2.49. The second kappa shape index (κ2) is 7.66. The lowest BCUT2D eigenvalue weighted by Crippen LogP contribution is -2.23. The fraction of sp³-hybridized carbons (Fsp3) is 0.150. The molecule has 0 radical (unpaired) electrons. The molecule has 0 aliphatic carbocycles. The molecule has 1 amide bonds. The molecule has 0 saturated heterocycles. The van der Waals surface area contributed by atoms with E-state index in [0.717, 1.165) is 16.6 Å². The molecule has 0 bridgehead atoms. The Kier molecular flexibility index (Phi) is 5.14. The summed E-state index contributed by atoms with van der Waals surface area (Å²) >= 11 is 0. The van der Waals surface area contributed by atoms with E-state index in [-0.39, 0.29) is 24.5 Å². The smallest absolute Gasteiger partial charge is 0.220 e. The van der Waals surface area contributed by atoms with Crippen molar-refractivity contribution < 1.29 is 14.0 Å². The molecular weight excluding hydrogens is 319 g/mol. The summed E-state index contributed by atoms with van der Waals surface area (Å²) < 4.78 is 12.8. The van der Waals surface area contributed by atoms with E-state index in [4.69, 9.17) is 0 Å². The number of nitrogens with zero attached hydrogens (tertiary/aromatic N) is 1. The molecule has 2 aromatic carbocycles. The van der Waals surface area contributed by atoms with Crippen LogP contribution < -0.4 is 5.32 Å². The minimum Gasteiger partial charge on any atom is -0.350 e. The maximum atomic E-state index is 12.8. The number of benzene rings is 2. The number of rotatable bonds is 6. The molecule has 25 heavy (non-hydrogen) atoms. The molecule has 0 saturated carbocycles. The van der Waals surface area contributed by atoms with Gasteiger partial charge in [0.25, 0.3) is 0 Å². The van der Waals surface area contributed by atoms with Gasteiger partial charge in [0, 0.05) is 23.8 Å². The third kappa shape index (κ3) is 4.47. The summed E-state index contributed by atoms with van der Waals surface area (Å²) in [7, 11) is 0. The monoisotopic (exact) mass is 336 g/mol. The summed E-state index contributed by atoms with van der Waals surface area (Å²) in [6.45, 7) is 0.314. The summed E-state index contributed by atoms with van der Waals surface area (Å²) in [6.07, 6.45) is 0.173. The fourth-order valence-corrected chi connectivity index (χ4v) is 2.49. The van der Waals surface area contributed by atoms with Crippen LogP contribution in [0.1, 0.15) is 28.9 Å². The molecule has 0 fully saturated rings. The second-order valence-electron chi connectivity index (χ2n) is 5.70. The van der Waals surface area contributed by atoms with Gasteiger partial charge >= 0.3 is 0 Å². The maximum absolute atomic E-state index is 12.8. The SMILES string of the molecule is O=C(CCC(=O)c1ccc(F)cc1)NCc1ccc2ccccc2n1. The quantitative estimate of drug-likeness (QED) is 0.699. The molecule has 0 aliphatic heterocycles. The summed E-state index contributed by atoms with van der Waals surface area (Å²) in [5, 5.41) is 3.81. The Morgan fingerprint density at radius 3 is 2.48 bits per heavy atom. The number of fused-ring (bicyclic) bond motifs is 1. The Bertz CT molecular complexity index is 907. The molecule has 0 aliphatic rings. The van der Waals surface area contributed by atoms with E-state index in [1.54, 1.807) is 0 Å². The van der Waals surface area contributed by atoms with Gasteiger partial charge < -0.3 is 5.32 Å². The molecule has 5 heteroatoms. The Hall–Kier alpha value is -3.08. The Morgan fingerprint density at radius 1 is 0.920 bits per heavy atom. The van der Waals surface area contributed by atoms with Gasteiger partial charge in [-0.1, -0.05) is 24.3 Å². The third-order valence-electron chi connectivity index (χ3n) is 3.87. The van der Waals surface area contributed by atoms with Crippen molar-refractivity contribution in [1.29, 1.82) is 0 Å². The number of carbonyl (C=O) groups is 2. The van der Waals surface area contributed by atoms with Crippen molar-refractivity contribution in [2.45, 2.75) is 19.4 Å². The lowest BCUT2D eigenvalue weighted by molar-refractivity contribution is -0.121. The van der Waals surface area contributed by atoms with E-state index in [1.807, 2.05) is 36.4 Å². The number of nitrogens with one attached hydrogen (secondary N) is 1. The number of pyridine rings is 1. The van der Waals surface area contributed by atoms with E-state index in [9.17, 15) is 14.0 Å². The summed E-state index contributed by atoms with van der Waals surface area (Å²) in [5.74, 6) is -0.790. The number of carbonyl (C=O) groups excluding carboxylic acids is 2. The predicted octanol–water partition coefficient (Wildman–Crippen LogP) is 3.65. The van der Waals surface area contributed by atoms with Gasteiger partial charge in [-0.2, -0.15) is 0 Å². The van der Waals surface area contributed by atoms with Gasteiger partial charge in [-0.25, -0.2) is 4.39 Å². The second-order valence-corrected chi connectivity index (χ2v) is 5.70. The highest BCUT2D eigenvalue weighted by Crippen LogP contribution is 2.12.